The molecule has 3 aromatic heterocycles. The standard InChI is InChI=1S/C26H29BrN6O/c1-16-14-32(15-28-16)22-11-10-21(29-25(22)34-5)23-30-24-18(7-6-12-33(24)31-23)19-13-17(26(2,3)4)8-9-20(19)27/h8-11,13-15,18H,6-7,12H2,1-5H3/t18-/m1/s1. The van der Waals surface area contributed by atoms with E-state index in [4.69, 9.17) is 19.8 Å². The molecule has 1 aliphatic heterocycles. The highest BCUT2D eigenvalue weighted by Crippen LogP contribution is 2.39. The van der Waals surface area contributed by atoms with E-state index < -0.39 is 0 Å². The molecule has 0 spiro atoms. The molecule has 1 atom stereocenters. The Morgan fingerprint density at radius 3 is 2.65 bits per heavy atom. The molecule has 4 heterocycles. The van der Waals surface area contributed by atoms with Gasteiger partial charge in [-0.25, -0.2) is 19.6 Å². The van der Waals surface area contributed by atoms with E-state index in [1.54, 1.807) is 13.4 Å². The summed E-state index contributed by atoms with van der Waals surface area (Å²) in [5, 5.41) is 4.83. The number of aryl methyl sites for hydroxylation is 2. The lowest BCUT2D eigenvalue weighted by Crippen LogP contribution is -2.19. The maximum atomic E-state index is 5.60. The maximum absolute atomic E-state index is 5.60. The van der Waals surface area contributed by atoms with Gasteiger partial charge in [0, 0.05) is 23.1 Å². The van der Waals surface area contributed by atoms with Crippen LogP contribution in [0.4, 0.5) is 0 Å². The predicted octanol–water partition coefficient (Wildman–Crippen LogP) is 5.83. The second-order valence-electron chi connectivity index (χ2n) is 9.85. The predicted molar refractivity (Wildman–Crippen MR) is 136 cm³/mol. The molecule has 0 aliphatic carbocycles. The number of ether oxygens (including phenoxy) is 1. The average Bonchev–Trinajstić information content (AvgIpc) is 3.44. The third-order valence-electron chi connectivity index (χ3n) is 6.36. The van der Waals surface area contributed by atoms with Gasteiger partial charge in [-0.3, -0.25) is 0 Å². The highest BCUT2D eigenvalue weighted by molar-refractivity contribution is 9.10. The molecule has 0 N–H and O–H groups in total. The molecular weight excluding hydrogens is 492 g/mol. The molecule has 0 radical (unpaired) electrons. The van der Waals surface area contributed by atoms with Crippen LogP contribution in [-0.2, 0) is 12.0 Å². The first kappa shape index (κ1) is 22.8. The monoisotopic (exact) mass is 520 g/mol. The van der Waals surface area contributed by atoms with Gasteiger partial charge in [0.1, 0.15) is 17.2 Å². The number of rotatable bonds is 4. The highest BCUT2D eigenvalue weighted by atomic mass is 79.9. The van der Waals surface area contributed by atoms with Gasteiger partial charge >= 0.3 is 0 Å². The fourth-order valence-corrected chi connectivity index (χ4v) is 5.01. The van der Waals surface area contributed by atoms with Gasteiger partial charge in [-0.15, -0.1) is 5.10 Å². The lowest BCUT2D eigenvalue weighted by molar-refractivity contribution is 0.396. The number of halogens is 1. The van der Waals surface area contributed by atoms with Gasteiger partial charge in [0.05, 0.1) is 19.1 Å². The SMILES string of the molecule is COc1nc(-c2nc3n(n2)CCC[C@@H]3c2cc(C(C)(C)C)ccc2Br)ccc1-n1cnc(C)c1. The smallest absolute Gasteiger partial charge is 0.238 e. The highest BCUT2D eigenvalue weighted by Gasteiger charge is 2.29. The van der Waals surface area contributed by atoms with E-state index in [1.807, 2.05) is 34.5 Å². The van der Waals surface area contributed by atoms with Crippen LogP contribution in [0.1, 0.15) is 62.2 Å². The molecule has 0 saturated heterocycles. The lowest BCUT2D eigenvalue weighted by Gasteiger charge is -2.26. The normalized spacial score (nSPS) is 15.9. The minimum absolute atomic E-state index is 0.0823. The van der Waals surface area contributed by atoms with Crippen molar-refractivity contribution in [2.75, 3.05) is 7.11 Å². The third kappa shape index (κ3) is 4.15. The number of benzene rings is 1. The Hall–Kier alpha value is -3.00. The summed E-state index contributed by atoms with van der Waals surface area (Å²) in [4.78, 5) is 14.0. The minimum Gasteiger partial charge on any atom is -0.479 e. The topological polar surface area (TPSA) is 70.7 Å². The van der Waals surface area contributed by atoms with Crippen molar-refractivity contribution in [1.82, 2.24) is 29.3 Å². The summed E-state index contributed by atoms with van der Waals surface area (Å²) >= 11 is 3.79. The summed E-state index contributed by atoms with van der Waals surface area (Å²) in [6.07, 6.45) is 5.81. The largest absolute Gasteiger partial charge is 0.479 e. The Morgan fingerprint density at radius 1 is 1.12 bits per heavy atom. The molecule has 4 aromatic rings. The molecule has 0 unspecified atom stereocenters. The van der Waals surface area contributed by atoms with E-state index in [1.165, 1.54) is 11.1 Å². The van der Waals surface area contributed by atoms with E-state index in [-0.39, 0.29) is 11.3 Å². The molecule has 0 saturated carbocycles. The van der Waals surface area contributed by atoms with Crippen molar-refractivity contribution in [2.45, 2.75) is 58.4 Å². The number of methoxy groups -OCH3 is 1. The molecule has 1 aliphatic rings. The first-order valence-corrected chi connectivity index (χ1v) is 12.3. The van der Waals surface area contributed by atoms with Gasteiger partial charge < -0.3 is 9.30 Å². The molecule has 1 aromatic carbocycles. The van der Waals surface area contributed by atoms with Crippen LogP contribution in [0.3, 0.4) is 0 Å². The fraction of sp³-hybridized carbons (Fsp3) is 0.385. The molecule has 176 valence electrons. The van der Waals surface area contributed by atoms with E-state index >= 15 is 0 Å². The van der Waals surface area contributed by atoms with Gasteiger partial charge in [-0.1, -0.05) is 48.8 Å². The van der Waals surface area contributed by atoms with Crippen LogP contribution < -0.4 is 4.74 Å². The summed E-state index contributed by atoms with van der Waals surface area (Å²) in [5.41, 5.74) is 5.13. The summed E-state index contributed by atoms with van der Waals surface area (Å²) in [5.74, 6) is 2.31. The fourth-order valence-electron chi connectivity index (χ4n) is 4.49. The summed E-state index contributed by atoms with van der Waals surface area (Å²) < 4.78 is 10.7. The molecular formula is C26H29BrN6O. The zero-order valence-electron chi connectivity index (χ0n) is 20.2. The first-order valence-electron chi connectivity index (χ1n) is 11.6. The number of hydrogen-bond donors (Lipinski definition) is 0. The van der Waals surface area contributed by atoms with Crippen LogP contribution in [0, 0.1) is 6.92 Å². The number of imidazole rings is 1. The van der Waals surface area contributed by atoms with Crippen LogP contribution in [0.25, 0.3) is 17.2 Å². The van der Waals surface area contributed by atoms with Crippen LogP contribution in [0.2, 0.25) is 0 Å². The molecule has 34 heavy (non-hydrogen) atoms. The van der Waals surface area contributed by atoms with Crippen LogP contribution in [-0.4, -0.2) is 36.4 Å². The summed E-state index contributed by atoms with van der Waals surface area (Å²) in [6, 6.07) is 10.6. The maximum Gasteiger partial charge on any atom is 0.238 e. The second-order valence-corrected chi connectivity index (χ2v) is 10.7. The van der Waals surface area contributed by atoms with E-state index in [9.17, 15) is 0 Å². The Morgan fingerprint density at radius 2 is 1.94 bits per heavy atom. The summed E-state index contributed by atoms with van der Waals surface area (Å²) in [6.45, 7) is 9.55. The van der Waals surface area contributed by atoms with Crippen molar-refractivity contribution in [3.63, 3.8) is 0 Å². The van der Waals surface area contributed by atoms with Gasteiger partial charge in [-0.2, -0.15) is 0 Å². The molecule has 0 bridgehead atoms. The Balaban J connectivity index is 1.54. The van der Waals surface area contributed by atoms with Crippen molar-refractivity contribution in [3.05, 3.63) is 70.0 Å². The number of aromatic nitrogens is 6. The van der Waals surface area contributed by atoms with E-state index in [0.29, 0.717) is 17.4 Å². The van der Waals surface area contributed by atoms with Crippen molar-refractivity contribution >= 4 is 15.9 Å². The van der Waals surface area contributed by atoms with E-state index in [0.717, 1.165) is 41.1 Å². The molecule has 0 amide bonds. The van der Waals surface area contributed by atoms with Crippen molar-refractivity contribution < 1.29 is 4.74 Å². The van der Waals surface area contributed by atoms with E-state index in [2.05, 4.69) is 59.9 Å². The number of hydrogen-bond acceptors (Lipinski definition) is 5. The summed E-state index contributed by atoms with van der Waals surface area (Å²) in [7, 11) is 1.63. The quantitative estimate of drug-likeness (QED) is 0.338. The van der Waals surface area contributed by atoms with Crippen LogP contribution in [0.5, 0.6) is 5.88 Å². The second kappa shape index (κ2) is 8.65. The Labute approximate surface area is 208 Å². The molecule has 5 rings (SSSR count). The number of pyridine rings is 1. The number of fused-ring (bicyclic) bond motifs is 1. The molecule has 8 heteroatoms. The molecule has 7 nitrogen and oxygen atoms in total. The van der Waals surface area contributed by atoms with Gasteiger partial charge in [0.2, 0.25) is 5.88 Å². The first-order chi connectivity index (χ1) is 16.2. The molecule has 0 fully saturated rings. The Bertz CT molecular complexity index is 1350. The van der Waals surface area contributed by atoms with Gasteiger partial charge in [0.25, 0.3) is 0 Å². The van der Waals surface area contributed by atoms with Crippen LogP contribution in [0.15, 0.2) is 47.3 Å². The van der Waals surface area contributed by atoms with Gasteiger partial charge in [-0.05, 0) is 54.5 Å². The van der Waals surface area contributed by atoms with Crippen molar-refractivity contribution in [2.24, 2.45) is 0 Å². The van der Waals surface area contributed by atoms with Crippen LogP contribution >= 0.6 is 15.9 Å². The Kier molecular flexibility index (Phi) is 5.80. The lowest BCUT2D eigenvalue weighted by atomic mass is 9.83. The average molecular weight is 521 g/mol. The zero-order valence-corrected chi connectivity index (χ0v) is 21.8. The minimum atomic E-state index is 0.0823. The van der Waals surface area contributed by atoms with Crippen molar-refractivity contribution in [3.8, 4) is 23.1 Å². The van der Waals surface area contributed by atoms with Crippen molar-refractivity contribution in [1.29, 1.82) is 0 Å². The number of nitrogens with zero attached hydrogens (tertiary/aromatic N) is 6. The zero-order chi connectivity index (χ0) is 24.0. The van der Waals surface area contributed by atoms with Gasteiger partial charge in [0.15, 0.2) is 5.82 Å². The third-order valence-corrected chi connectivity index (χ3v) is 7.09.